The molecule has 8 heteroatoms. The highest BCUT2D eigenvalue weighted by molar-refractivity contribution is 6.33. The fourth-order valence-corrected chi connectivity index (χ4v) is 4.14. The average molecular weight is 470 g/mol. The van der Waals surface area contributed by atoms with Gasteiger partial charge in [0.25, 0.3) is 0 Å². The molecule has 1 atom stereocenters. The van der Waals surface area contributed by atoms with Crippen LogP contribution in [0.2, 0.25) is 5.02 Å². The van der Waals surface area contributed by atoms with Crippen molar-refractivity contribution < 1.29 is 23.5 Å². The largest absolute Gasteiger partial charge is 0.445 e. The lowest BCUT2D eigenvalue weighted by Crippen LogP contribution is -2.42. The zero-order chi connectivity index (χ0) is 23.4. The van der Waals surface area contributed by atoms with E-state index in [0.29, 0.717) is 17.6 Å². The summed E-state index contributed by atoms with van der Waals surface area (Å²) in [4.78, 5) is 37.2. The highest BCUT2D eigenvalue weighted by Gasteiger charge is 2.24. The van der Waals surface area contributed by atoms with Gasteiger partial charge in [0.15, 0.2) is 5.75 Å². The van der Waals surface area contributed by atoms with E-state index < -0.39 is 18.1 Å². The van der Waals surface area contributed by atoms with Crippen molar-refractivity contribution >= 4 is 34.6 Å². The van der Waals surface area contributed by atoms with Crippen molar-refractivity contribution in [2.45, 2.75) is 51.7 Å². The van der Waals surface area contributed by atoms with Crippen molar-refractivity contribution in [2.75, 3.05) is 0 Å². The monoisotopic (exact) mass is 469 g/mol. The number of benzene rings is 2. The summed E-state index contributed by atoms with van der Waals surface area (Å²) in [6.45, 7) is 1.81. The minimum absolute atomic E-state index is 0.0611. The van der Waals surface area contributed by atoms with Crippen LogP contribution in [0.5, 0.6) is 5.75 Å². The molecule has 1 aromatic heterocycles. The standard InChI is InChI=1S/C25H24ClNO6/c1-2-20(27-25(30)31-14-15-8-4-3-5-9-15)24(29)33-22-13-21-18(12-19(22)26)16-10-6-7-11-17(16)23(28)32-21/h3-5,8-9,12-13,20H,2,6-7,10-11,14H2,1H3,(H,27,30). The number of carbonyl (C=O) groups excluding carboxylic acids is 2. The van der Waals surface area contributed by atoms with Crippen molar-refractivity contribution in [3.8, 4) is 5.75 Å². The van der Waals surface area contributed by atoms with Gasteiger partial charge in [0.2, 0.25) is 0 Å². The Labute approximate surface area is 195 Å². The van der Waals surface area contributed by atoms with Gasteiger partial charge in [-0.15, -0.1) is 0 Å². The first-order valence-corrected chi connectivity index (χ1v) is 11.3. The third-order valence-electron chi connectivity index (χ3n) is 5.68. The quantitative estimate of drug-likeness (QED) is 0.312. The Balaban J connectivity index is 1.47. The van der Waals surface area contributed by atoms with Crippen LogP contribution in [0.4, 0.5) is 4.79 Å². The van der Waals surface area contributed by atoms with Crippen molar-refractivity contribution in [1.82, 2.24) is 5.32 Å². The molecule has 0 saturated heterocycles. The van der Waals surface area contributed by atoms with E-state index in [2.05, 4.69) is 5.32 Å². The molecular weight excluding hydrogens is 446 g/mol. The number of alkyl carbamates (subject to hydrolysis) is 1. The summed E-state index contributed by atoms with van der Waals surface area (Å²) in [6, 6.07) is 11.4. The van der Waals surface area contributed by atoms with Crippen LogP contribution in [-0.4, -0.2) is 18.1 Å². The Bertz CT molecular complexity index is 1240. The molecule has 0 aliphatic heterocycles. The summed E-state index contributed by atoms with van der Waals surface area (Å²) < 4.78 is 16.1. The molecule has 0 saturated carbocycles. The van der Waals surface area contributed by atoms with E-state index in [9.17, 15) is 14.4 Å². The third kappa shape index (κ3) is 5.20. The van der Waals surface area contributed by atoms with Gasteiger partial charge in [0.05, 0.1) is 5.02 Å². The lowest BCUT2D eigenvalue weighted by atomic mass is 9.91. The number of carbonyl (C=O) groups is 2. The second-order valence-corrected chi connectivity index (χ2v) is 8.33. The minimum atomic E-state index is -0.935. The second-order valence-electron chi connectivity index (χ2n) is 7.92. The van der Waals surface area contributed by atoms with Crippen LogP contribution in [0.1, 0.15) is 42.9 Å². The number of hydrogen-bond acceptors (Lipinski definition) is 6. The lowest BCUT2D eigenvalue weighted by Gasteiger charge is -2.18. The number of amides is 1. The Morgan fingerprint density at radius 2 is 1.85 bits per heavy atom. The molecule has 3 aromatic rings. The van der Waals surface area contributed by atoms with E-state index >= 15 is 0 Å². The summed E-state index contributed by atoms with van der Waals surface area (Å²) in [5.41, 5.74) is 2.41. The van der Waals surface area contributed by atoms with Gasteiger partial charge in [-0.3, -0.25) is 0 Å². The molecule has 0 fully saturated rings. The molecule has 172 valence electrons. The molecule has 0 radical (unpaired) electrons. The van der Waals surface area contributed by atoms with Gasteiger partial charge in [0, 0.05) is 17.0 Å². The zero-order valence-corrected chi connectivity index (χ0v) is 18.9. The predicted octanol–water partition coefficient (Wildman–Crippen LogP) is 4.94. The van der Waals surface area contributed by atoms with Gasteiger partial charge in [0.1, 0.15) is 18.2 Å². The fraction of sp³-hybridized carbons (Fsp3) is 0.320. The molecule has 0 spiro atoms. The topological polar surface area (TPSA) is 94.8 Å². The summed E-state index contributed by atoms with van der Waals surface area (Å²) in [7, 11) is 0. The van der Waals surface area contributed by atoms with E-state index in [1.54, 1.807) is 13.0 Å². The molecule has 33 heavy (non-hydrogen) atoms. The molecule has 1 aliphatic rings. The van der Waals surface area contributed by atoms with E-state index in [1.165, 1.54) is 6.07 Å². The minimum Gasteiger partial charge on any atom is -0.445 e. The van der Waals surface area contributed by atoms with Gasteiger partial charge < -0.3 is 19.2 Å². The van der Waals surface area contributed by atoms with Gasteiger partial charge in [-0.2, -0.15) is 0 Å². The van der Waals surface area contributed by atoms with Crippen molar-refractivity contribution in [2.24, 2.45) is 0 Å². The average Bonchev–Trinajstić information content (AvgIpc) is 2.83. The lowest BCUT2D eigenvalue weighted by molar-refractivity contribution is -0.136. The van der Waals surface area contributed by atoms with Gasteiger partial charge in [-0.1, -0.05) is 48.9 Å². The number of nitrogens with one attached hydrogen (secondary N) is 1. The van der Waals surface area contributed by atoms with Crippen LogP contribution in [0.3, 0.4) is 0 Å². The van der Waals surface area contributed by atoms with Crippen molar-refractivity contribution in [1.29, 1.82) is 0 Å². The van der Waals surface area contributed by atoms with Crippen LogP contribution in [0.25, 0.3) is 11.0 Å². The first-order valence-electron chi connectivity index (χ1n) is 10.9. The summed E-state index contributed by atoms with van der Waals surface area (Å²) >= 11 is 6.39. The van der Waals surface area contributed by atoms with E-state index in [4.69, 9.17) is 25.5 Å². The summed E-state index contributed by atoms with van der Waals surface area (Å²) in [5.74, 6) is -0.637. The Morgan fingerprint density at radius 3 is 2.58 bits per heavy atom. The van der Waals surface area contributed by atoms with E-state index in [0.717, 1.165) is 35.8 Å². The number of halogens is 1. The predicted molar refractivity (Wildman–Crippen MR) is 124 cm³/mol. The molecule has 7 nitrogen and oxygen atoms in total. The third-order valence-corrected chi connectivity index (χ3v) is 5.98. The van der Waals surface area contributed by atoms with Crippen LogP contribution < -0.4 is 15.7 Å². The van der Waals surface area contributed by atoms with Crippen LogP contribution in [-0.2, 0) is 29.0 Å². The van der Waals surface area contributed by atoms with E-state index in [1.807, 2.05) is 30.3 Å². The maximum atomic E-state index is 12.7. The normalized spacial score (nSPS) is 13.8. The first kappa shape index (κ1) is 22.9. The van der Waals surface area contributed by atoms with Gasteiger partial charge >= 0.3 is 17.7 Å². The number of ether oxygens (including phenoxy) is 2. The Hall–Kier alpha value is -3.32. The molecule has 1 heterocycles. The van der Waals surface area contributed by atoms with E-state index in [-0.39, 0.29) is 29.4 Å². The number of hydrogen-bond donors (Lipinski definition) is 1. The highest BCUT2D eigenvalue weighted by atomic mass is 35.5. The van der Waals surface area contributed by atoms with Gasteiger partial charge in [-0.05, 0) is 49.3 Å². The number of aryl methyl sites for hydroxylation is 1. The Kier molecular flexibility index (Phi) is 6.99. The SMILES string of the molecule is CCC(NC(=O)OCc1ccccc1)C(=O)Oc1cc2oc(=O)c3c(c2cc1Cl)CCCC3. The van der Waals surface area contributed by atoms with Crippen molar-refractivity contribution in [3.63, 3.8) is 0 Å². The second kappa shape index (κ2) is 10.1. The maximum absolute atomic E-state index is 12.7. The molecule has 1 N–H and O–H groups in total. The molecule has 2 aromatic carbocycles. The number of fused-ring (bicyclic) bond motifs is 3. The van der Waals surface area contributed by atoms with Crippen LogP contribution in [0, 0.1) is 0 Å². The van der Waals surface area contributed by atoms with Crippen LogP contribution in [0.15, 0.2) is 51.7 Å². The summed E-state index contributed by atoms with van der Waals surface area (Å²) in [5, 5.41) is 3.49. The molecule has 0 bridgehead atoms. The first-order chi connectivity index (χ1) is 16.0. The van der Waals surface area contributed by atoms with Crippen molar-refractivity contribution in [3.05, 3.63) is 74.6 Å². The van der Waals surface area contributed by atoms with Gasteiger partial charge in [-0.25, -0.2) is 14.4 Å². The fourth-order valence-electron chi connectivity index (χ4n) is 3.94. The molecule has 1 amide bonds. The number of rotatable bonds is 6. The Morgan fingerprint density at radius 1 is 1.12 bits per heavy atom. The summed E-state index contributed by atoms with van der Waals surface area (Å²) in [6.07, 6.45) is 2.96. The smallest absolute Gasteiger partial charge is 0.408 e. The maximum Gasteiger partial charge on any atom is 0.408 e. The molecule has 4 rings (SSSR count). The number of esters is 1. The molecule has 1 unspecified atom stereocenters. The highest BCUT2D eigenvalue weighted by Crippen LogP contribution is 2.34. The zero-order valence-electron chi connectivity index (χ0n) is 18.2. The molecular formula is C25H24ClNO6. The van der Waals surface area contributed by atoms with Crippen LogP contribution >= 0.6 is 11.6 Å². The molecule has 1 aliphatic carbocycles.